The summed E-state index contributed by atoms with van der Waals surface area (Å²) in [5.74, 6) is 1.85. The maximum atomic E-state index is 13.3. The molecule has 0 saturated heterocycles. The molecule has 0 fully saturated rings. The summed E-state index contributed by atoms with van der Waals surface area (Å²) in [6.07, 6.45) is 0. The van der Waals surface area contributed by atoms with Gasteiger partial charge in [-0.2, -0.15) is 0 Å². The maximum absolute atomic E-state index is 13.3. The van der Waals surface area contributed by atoms with E-state index in [1.165, 1.54) is 11.3 Å². The first-order chi connectivity index (χ1) is 18.0. The molecular weight excluding hydrogens is 486 g/mol. The Morgan fingerprint density at radius 3 is 2.05 bits per heavy atom. The molecule has 3 aromatic carbocycles. The Labute approximate surface area is 218 Å². The maximum Gasteiger partial charge on any atom is 0.267 e. The Balaban J connectivity index is 1.63. The second kappa shape index (κ2) is 10.2. The Morgan fingerprint density at radius 1 is 0.811 bits per heavy atom. The third-order valence-electron chi connectivity index (χ3n) is 6.02. The van der Waals surface area contributed by atoms with Crippen LogP contribution in [-0.4, -0.2) is 32.2 Å². The molecule has 0 aliphatic heterocycles. The lowest BCUT2D eigenvalue weighted by molar-refractivity contribution is 0.103. The van der Waals surface area contributed by atoms with E-state index in [2.05, 4.69) is 5.32 Å². The number of hydrogen-bond donors (Lipinski definition) is 2. The molecule has 7 nitrogen and oxygen atoms in total. The number of ether oxygens (including phenoxy) is 3. The number of nitrogen functional groups attached to an aromatic ring is 1. The van der Waals surface area contributed by atoms with Crippen molar-refractivity contribution in [3.63, 3.8) is 0 Å². The van der Waals surface area contributed by atoms with Crippen LogP contribution in [0.25, 0.3) is 32.6 Å². The van der Waals surface area contributed by atoms with Crippen molar-refractivity contribution in [2.24, 2.45) is 0 Å². The number of nitrogens with one attached hydrogen (secondary N) is 1. The van der Waals surface area contributed by atoms with E-state index in [1.807, 2.05) is 66.7 Å². The highest BCUT2D eigenvalue weighted by atomic mass is 32.1. The van der Waals surface area contributed by atoms with Gasteiger partial charge in [0.25, 0.3) is 5.91 Å². The third-order valence-corrected chi connectivity index (χ3v) is 7.12. The molecule has 5 rings (SSSR count). The van der Waals surface area contributed by atoms with E-state index in [-0.39, 0.29) is 5.91 Å². The fourth-order valence-electron chi connectivity index (χ4n) is 4.09. The van der Waals surface area contributed by atoms with Crippen LogP contribution >= 0.6 is 11.3 Å². The molecule has 8 heteroatoms. The number of rotatable bonds is 7. The number of aromatic nitrogens is 1. The monoisotopic (exact) mass is 511 g/mol. The van der Waals surface area contributed by atoms with Gasteiger partial charge in [0.1, 0.15) is 27.0 Å². The molecule has 0 radical (unpaired) electrons. The van der Waals surface area contributed by atoms with Gasteiger partial charge in [-0.25, -0.2) is 4.98 Å². The van der Waals surface area contributed by atoms with Crippen LogP contribution < -0.4 is 25.3 Å². The van der Waals surface area contributed by atoms with Crippen LogP contribution in [0.1, 0.15) is 9.67 Å². The number of amides is 1. The number of anilines is 2. The molecule has 0 aliphatic carbocycles. The number of fused-ring (bicyclic) bond motifs is 1. The van der Waals surface area contributed by atoms with Crippen LogP contribution in [0.2, 0.25) is 0 Å². The minimum Gasteiger partial charge on any atom is -0.497 e. The molecule has 5 aromatic rings. The predicted molar refractivity (Wildman–Crippen MR) is 149 cm³/mol. The SMILES string of the molecule is COc1ccc(-c2cc(-c3ccc(OC)cc3)c3c(N)c(C(=O)Nc4cccc(OC)c4)sc3n2)cc1. The van der Waals surface area contributed by atoms with Gasteiger partial charge in [0.05, 0.1) is 32.7 Å². The predicted octanol–water partition coefficient (Wildman–Crippen LogP) is 6.49. The van der Waals surface area contributed by atoms with Crippen LogP contribution in [0.5, 0.6) is 17.2 Å². The summed E-state index contributed by atoms with van der Waals surface area (Å²) in [5.41, 5.74) is 11.1. The average Bonchev–Trinajstić information content (AvgIpc) is 3.29. The summed E-state index contributed by atoms with van der Waals surface area (Å²) in [5, 5.41) is 3.66. The molecule has 37 heavy (non-hydrogen) atoms. The quantitative estimate of drug-likeness (QED) is 0.259. The van der Waals surface area contributed by atoms with Crippen LogP contribution in [0.15, 0.2) is 78.9 Å². The zero-order valence-electron chi connectivity index (χ0n) is 20.6. The van der Waals surface area contributed by atoms with Gasteiger partial charge in [0.2, 0.25) is 0 Å². The van der Waals surface area contributed by atoms with Crippen LogP contribution in [0, 0.1) is 0 Å². The zero-order valence-corrected chi connectivity index (χ0v) is 21.4. The highest BCUT2D eigenvalue weighted by molar-refractivity contribution is 7.21. The number of thiophene rings is 1. The second-order valence-corrected chi connectivity index (χ2v) is 9.22. The number of hydrogen-bond acceptors (Lipinski definition) is 7. The summed E-state index contributed by atoms with van der Waals surface area (Å²) in [6, 6.07) is 24.6. The molecule has 3 N–H and O–H groups in total. The van der Waals surface area contributed by atoms with Gasteiger partial charge < -0.3 is 25.3 Å². The lowest BCUT2D eigenvalue weighted by Crippen LogP contribution is -2.12. The van der Waals surface area contributed by atoms with E-state index in [0.717, 1.165) is 39.3 Å². The summed E-state index contributed by atoms with van der Waals surface area (Å²) < 4.78 is 15.9. The first kappa shape index (κ1) is 24.1. The summed E-state index contributed by atoms with van der Waals surface area (Å²) in [6.45, 7) is 0. The molecular formula is C29H25N3O4S. The Morgan fingerprint density at radius 2 is 1.43 bits per heavy atom. The topological polar surface area (TPSA) is 95.7 Å². The van der Waals surface area contributed by atoms with Crippen molar-refractivity contribution in [3.05, 3.63) is 83.7 Å². The molecule has 1 amide bonds. The average molecular weight is 512 g/mol. The van der Waals surface area contributed by atoms with Gasteiger partial charge in [0, 0.05) is 22.7 Å². The zero-order chi connectivity index (χ0) is 25.9. The lowest BCUT2D eigenvalue weighted by Gasteiger charge is -2.10. The normalized spacial score (nSPS) is 10.8. The Bertz CT molecular complexity index is 1580. The van der Waals surface area contributed by atoms with E-state index in [0.29, 0.717) is 26.8 Å². The molecule has 2 heterocycles. The smallest absolute Gasteiger partial charge is 0.267 e. The molecule has 186 valence electrons. The highest BCUT2D eigenvalue weighted by Gasteiger charge is 2.22. The standard InChI is InChI=1S/C29H25N3O4S/c1-34-20-11-7-17(8-12-20)23-16-24(18-9-13-21(35-2)14-10-18)32-29-25(23)26(30)27(37-29)28(33)31-19-5-4-6-22(15-19)36-3/h4-16H,30H2,1-3H3,(H,31,33). The van der Waals surface area contributed by atoms with Crippen molar-refractivity contribution in [2.75, 3.05) is 32.4 Å². The van der Waals surface area contributed by atoms with Gasteiger partial charge in [-0.3, -0.25) is 4.79 Å². The minimum atomic E-state index is -0.305. The molecule has 0 aliphatic rings. The first-order valence-electron chi connectivity index (χ1n) is 11.5. The number of nitrogens with zero attached hydrogens (tertiary/aromatic N) is 1. The fraction of sp³-hybridized carbons (Fsp3) is 0.103. The lowest BCUT2D eigenvalue weighted by atomic mass is 9.99. The molecule has 0 spiro atoms. The number of carbonyl (C=O) groups is 1. The number of nitrogens with two attached hydrogens (primary N) is 1. The molecule has 0 saturated carbocycles. The van der Waals surface area contributed by atoms with Gasteiger partial charge in [-0.15, -0.1) is 11.3 Å². The van der Waals surface area contributed by atoms with E-state index in [1.54, 1.807) is 33.5 Å². The van der Waals surface area contributed by atoms with E-state index < -0.39 is 0 Å². The van der Waals surface area contributed by atoms with E-state index in [4.69, 9.17) is 24.9 Å². The molecule has 0 bridgehead atoms. The number of pyridine rings is 1. The van der Waals surface area contributed by atoms with Crippen molar-refractivity contribution in [1.82, 2.24) is 4.98 Å². The van der Waals surface area contributed by atoms with Crippen molar-refractivity contribution < 1.29 is 19.0 Å². The minimum absolute atomic E-state index is 0.305. The summed E-state index contributed by atoms with van der Waals surface area (Å²) in [7, 11) is 4.84. The number of benzene rings is 3. The van der Waals surface area contributed by atoms with E-state index in [9.17, 15) is 4.79 Å². The fourth-order valence-corrected chi connectivity index (χ4v) is 5.10. The van der Waals surface area contributed by atoms with E-state index >= 15 is 0 Å². The van der Waals surface area contributed by atoms with Crippen molar-refractivity contribution in [2.45, 2.75) is 0 Å². The van der Waals surface area contributed by atoms with Crippen LogP contribution in [0.4, 0.5) is 11.4 Å². The van der Waals surface area contributed by atoms with Crippen molar-refractivity contribution >= 4 is 38.8 Å². The molecule has 0 unspecified atom stereocenters. The number of methoxy groups -OCH3 is 3. The highest BCUT2D eigenvalue weighted by Crippen LogP contribution is 2.42. The third kappa shape index (κ3) is 4.79. The van der Waals surface area contributed by atoms with Crippen molar-refractivity contribution in [1.29, 1.82) is 0 Å². The van der Waals surface area contributed by atoms with Gasteiger partial charge in [-0.1, -0.05) is 18.2 Å². The first-order valence-corrected chi connectivity index (χ1v) is 12.3. The van der Waals surface area contributed by atoms with Crippen LogP contribution in [-0.2, 0) is 0 Å². The molecule has 0 atom stereocenters. The number of carbonyl (C=O) groups excluding carboxylic acids is 1. The van der Waals surface area contributed by atoms with Crippen LogP contribution in [0.3, 0.4) is 0 Å². The van der Waals surface area contributed by atoms with Gasteiger partial charge >= 0.3 is 0 Å². The van der Waals surface area contributed by atoms with Gasteiger partial charge in [-0.05, 0) is 65.7 Å². The summed E-state index contributed by atoms with van der Waals surface area (Å²) >= 11 is 1.27. The van der Waals surface area contributed by atoms with Gasteiger partial charge in [0.15, 0.2) is 0 Å². The Kier molecular flexibility index (Phi) is 6.66. The van der Waals surface area contributed by atoms with Crippen molar-refractivity contribution in [3.8, 4) is 39.6 Å². The second-order valence-electron chi connectivity index (χ2n) is 8.22. The summed E-state index contributed by atoms with van der Waals surface area (Å²) in [4.78, 5) is 19.2. The largest absolute Gasteiger partial charge is 0.497 e. The molecule has 2 aromatic heterocycles. The Hall–Kier alpha value is -4.56.